The van der Waals surface area contributed by atoms with E-state index in [4.69, 9.17) is 9.47 Å². The predicted octanol–water partition coefficient (Wildman–Crippen LogP) is 4.57. The number of fused-ring (bicyclic) bond motifs is 5. The van der Waals surface area contributed by atoms with Crippen molar-refractivity contribution in [3.05, 3.63) is 71.4 Å². The second kappa shape index (κ2) is 9.91. The van der Waals surface area contributed by atoms with Crippen LogP contribution in [-0.2, 0) is 43.6 Å². The summed E-state index contributed by atoms with van der Waals surface area (Å²) in [7, 11) is 0.258. The van der Waals surface area contributed by atoms with Gasteiger partial charge in [0.1, 0.15) is 13.3 Å². The quantitative estimate of drug-likeness (QED) is 0.189. The first-order chi connectivity index (χ1) is 17.7. The second-order valence-electron chi connectivity index (χ2n) is 11.3. The molecule has 2 aromatic carbocycles. The molecular formula is C29H34N2O5Si. The molecule has 2 aliphatic rings. The molecule has 2 amide bonds. The molecule has 8 heteroatoms. The summed E-state index contributed by atoms with van der Waals surface area (Å²) in [4.78, 5) is 41.3. The summed E-state index contributed by atoms with van der Waals surface area (Å²) < 4.78 is 13.9. The smallest absolute Gasteiger partial charge is 0.310 e. The minimum absolute atomic E-state index is 0.126. The zero-order chi connectivity index (χ0) is 26.3. The number of rotatable bonds is 8. The predicted molar refractivity (Wildman–Crippen MR) is 143 cm³/mol. The van der Waals surface area contributed by atoms with Gasteiger partial charge in [0.25, 0.3) is 0 Å². The summed E-state index contributed by atoms with van der Waals surface area (Å²) in [6.07, 6.45) is 0.322. The minimum Gasteiger partial charge on any atom is -0.461 e. The highest BCUT2D eigenvalue weighted by atomic mass is 28.3. The van der Waals surface area contributed by atoms with Crippen molar-refractivity contribution in [2.45, 2.75) is 51.4 Å². The van der Waals surface area contributed by atoms with E-state index in [1.165, 1.54) is 11.9 Å². The van der Waals surface area contributed by atoms with Crippen molar-refractivity contribution in [3.8, 4) is 0 Å². The third-order valence-corrected chi connectivity index (χ3v) is 9.30. The number of amides is 2. The number of esters is 1. The van der Waals surface area contributed by atoms with Crippen LogP contribution in [0.3, 0.4) is 0 Å². The summed E-state index contributed by atoms with van der Waals surface area (Å²) in [6, 6.07) is 18.4. The number of carbonyl (C=O) groups is 3. The maximum atomic E-state index is 13.4. The van der Waals surface area contributed by atoms with E-state index in [1.807, 2.05) is 54.6 Å². The van der Waals surface area contributed by atoms with E-state index < -0.39 is 31.8 Å². The number of ether oxygens (including phenoxy) is 2. The highest BCUT2D eigenvalue weighted by molar-refractivity contribution is 6.76. The molecule has 7 nitrogen and oxygen atoms in total. The highest BCUT2D eigenvalue weighted by Crippen LogP contribution is 2.49. The van der Waals surface area contributed by atoms with Crippen molar-refractivity contribution >= 4 is 36.8 Å². The Balaban J connectivity index is 1.51. The lowest BCUT2D eigenvalue weighted by atomic mass is 9.71. The fourth-order valence-electron chi connectivity index (χ4n) is 5.58. The van der Waals surface area contributed by atoms with Gasteiger partial charge in [0, 0.05) is 39.2 Å². The van der Waals surface area contributed by atoms with Gasteiger partial charge in [-0.3, -0.25) is 19.3 Å². The van der Waals surface area contributed by atoms with Crippen LogP contribution in [0.15, 0.2) is 54.6 Å². The number of likely N-dealkylation sites (N-methyl/N-ethyl adjacent to an activating group) is 1. The van der Waals surface area contributed by atoms with Gasteiger partial charge in [0.05, 0.1) is 23.3 Å². The lowest BCUT2D eigenvalue weighted by Crippen LogP contribution is -2.38. The SMILES string of the molecule is CN1C(=O)[C@H]2[C@@H](C(=O)OCc3ccccc3)Cc3c(c4ccccc4n3COCC[Si](C)(C)C)[C@H]2C1=O. The Labute approximate surface area is 218 Å². The van der Waals surface area contributed by atoms with Crippen molar-refractivity contribution in [1.82, 2.24) is 9.47 Å². The van der Waals surface area contributed by atoms with Gasteiger partial charge in [-0.2, -0.15) is 0 Å². The molecule has 1 aliphatic carbocycles. The molecule has 0 radical (unpaired) electrons. The van der Waals surface area contributed by atoms with E-state index in [2.05, 4.69) is 24.2 Å². The first-order valence-corrected chi connectivity index (χ1v) is 16.6. The number of benzene rings is 2. The van der Waals surface area contributed by atoms with Crippen molar-refractivity contribution in [2.24, 2.45) is 11.8 Å². The standard InChI is InChI=1S/C29H34N2O5Si/c1-30-27(32)25-21(29(34)36-17-19-10-6-5-7-11-19)16-23-24(26(25)28(30)33)20-12-8-9-13-22(20)31(23)18-35-14-15-37(2,3)4/h5-13,21,25-26H,14-18H2,1-4H3/t21-,25-,26+/m0/s1. The summed E-state index contributed by atoms with van der Waals surface area (Å²) in [5.41, 5.74) is 3.56. The molecule has 0 N–H and O–H groups in total. The van der Waals surface area contributed by atoms with Crippen molar-refractivity contribution in [1.29, 1.82) is 0 Å². The Bertz CT molecular complexity index is 1340. The number of likely N-dealkylation sites (tertiary alicyclic amines) is 1. The molecule has 5 rings (SSSR count). The summed E-state index contributed by atoms with van der Waals surface area (Å²) in [6.45, 7) is 8.06. The fraction of sp³-hybridized carbons (Fsp3) is 0.414. The van der Waals surface area contributed by atoms with Crippen molar-refractivity contribution in [2.75, 3.05) is 13.7 Å². The van der Waals surface area contributed by atoms with Crippen LogP contribution in [0, 0.1) is 11.8 Å². The molecule has 0 spiro atoms. The third-order valence-electron chi connectivity index (χ3n) is 7.59. The number of hydrogen-bond acceptors (Lipinski definition) is 5. The van der Waals surface area contributed by atoms with Crippen molar-refractivity contribution < 1.29 is 23.9 Å². The molecule has 1 aliphatic heterocycles. The molecule has 1 aromatic heterocycles. The number of nitrogens with zero attached hydrogens (tertiary/aromatic N) is 2. The van der Waals surface area contributed by atoms with Crippen LogP contribution in [0.5, 0.6) is 0 Å². The lowest BCUT2D eigenvalue weighted by molar-refractivity contribution is -0.155. The Morgan fingerprint density at radius 2 is 1.70 bits per heavy atom. The molecule has 1 fully saturated rings. The molecular weight excluding hydrogens is 484 g/mol. The molecule has 1 saturated heterocycles. The van der Waals surface area contributed by atoms with Crippen LogP contribution in [0.25, 0.3) is 10.9 Å². The van der Waals surface area contributed by atoms with E-state index >= 15 is 0 Å². The molecule has 0 bridgehead atoms. The number of carbonyl (C=O) groups excluding carboxylic acids is 3. The molecule has 3 atom stereocenters. The second-order valence-corrected chi connectivity index (χ2v) is 16.9. The van der Waals surface area contributed by atoms with Crippen molar-refractivity contribution in [3.63, 3.8) is 0 Å². The number of imide groups is 1. The van der Waals surface area contributed by atoms with E-state index in [0.717, 1.165) is 33.8 Å². The molecule has 0 saturated carbocycles. The Kier molecular flexibility index (Phi) is 6.81. The Hall–Kier alpha value is -3.23. The first kappa shape index (κ1) is 25.4. The molecule has 0 unspecified atom stereocenters. The molecule has 37 heavy (non-hydrogen) atoms. The van der Waals surface area contributed by atoms with Gasteiger partial charge in [-0.1, -0.05) is 68.2 Å². The maximum absolute atomic E-state index is 13.4. The first-order valence-electron chi connectivity index (χ1n) is 12.9. The van der Waals surface area contributed by atoms with Gasteiger partial charge in [0.2, 0.25) is 11.8 Å². The van der Waals surface area contributed by atoms with E-state index in [-0.39, 0.29) is 18.4 Å². The van der Waals surface area contributed by atoms with Crippen LogP contribution < -0.4 is 0 Å². The Morgan fingerprint density at radius 1 is 1.00 bits per heavy atom. The average molecular weight is 519 g/mol. The highest BCUT2D eigenvalue weighted by Gasteiger charge is 2.57. The van der Waals surface area contributed by atoms with Crippen LogP contribution >= 0.6 is 0 Å². The third kappa shape index (κ3) is 4.75. The van der Waals surface area contributed by atoms with Gasteiger partial charge in [-0.05, 0) is 23.2 Å². The minimum atomic E-state index is -1.25. The molecule has 194 valence electrons. The fourth-order valence-corrected chi connectivity index (χ4v) is 6.33. The zero-order valence-electron chi connectivity index (χ0n) is 21.9. The molecule has 3 aromatic rings. The van der Waals surface area contributed by atoms with Gasteiger partial charge < -0.3 is 14.0 Å². The topological polar surface area (TPSA) is 77.8 Å². The number of aromatic nitrogens is 1. The zero-order valence-corrected chi connectivity index (χ0v) is 22.9. The van der Waals surface area contributed by atoms with Crippen LogP contribution in [0.4, 0.5) is 0 Å². The Morgan fingerprint density at radius 3 is 2.43 bits per heavy atom. The van der Waals surface area contributed by atoms with Crippen LogP contribution in [-0.4, -0.2) is 49.0 Å². The van der Waals surface area contributed by atoms with Crippen LogP contribution in [0.2, 0.25) is 25.7 Å². The summed E-state index contributed by atoms with van der Waals surface area (Å²) in [5, 5.41) is 0.939. The van der Waals surface area contributed by atoms with Gasteiger partial charge in [-0.15, -0.1) is 0 Å². The molecule has 2 heterocycles. The number of para-hydroxylation sites is 1. The van der Waals surface area contributed by atoms with Gasteiger partial charge in [-0.25, -0.2) is 0 Å². The monoisotopic (exact) mass is 518 g/mol. The summed E-state index contributed by atoms with van der Waals surface area (Å²) >= 11 is 0. The van der Waals surface area contributed by atoms with Crippen LogP contribution in [0.1, 0.15) is 22.7 Å². The lowest BCUT2D eigenvalue weighted by Gasteiger charge is -2.30. The normalized spacial score (nSPS) is 21.3. The summed E-state index contributed by atoms with van der Waals surface area (Å²) in [5.74, 6) is -3.24. The van der Waals surface area contributed by atoms with Gasteiger partial charge in [0.15, 0.2) is 0 Å². The average Bonchev–Trinajstić information content (AvgIpc) is 3.31. The van der Waals surface area contributed by atoms with E-state index in [0.29, 0.717) is 19.8 Å². The van der Waals surface area contributed by atoms with Gasteiger partial charge >= 0.3 is 5.97 Å². The van der Waals surface area contributed by atoms with E-state index in [9.17, 15) is 14.4 Å². The van der Waals surface area contributed by atoms with E-state index in [1.54, 1.807) is 0 Å². The maximum Gasteiger partial charge on any atom is 0.310 e. The largest absolute Gasteiger partial charge is 0.461 e. The number of hydrogen-bond donors (Lipinski definition) is 0.